The van der Waals surface area contributed by atoms with Gasteiger partial charge in [0, 0.05) is 0 Å². The molecule has 2 N–H and O–H groups in total. The van der Waals surface area contributed by atoms with Crippen molar-refractivity contribution in [3.05, 3.63) is 11.6 Å². The first-order valence-electron chi connectivity index (χ1n) is 5.48. The highest BCUT2D eigenvalue weighted by atomic mass is 16.4. The minimum atomic E-state index is -1.39. The predicted molar refractivity (Wildman–Crippen MR) is 64.5 cm³/mol. The number of aliphatic hydroxyl groups excluding tert-OH is 1. The number of allylic oxidation sites excluding steroid dienone is 2. The van der Waals surface area contributed by atoms with Crippen LogP contribution in [0.5, 0.6) is 0 Å². The van der Waals surface area contributed by atoms with E-state index in [2.05, 4.69) is 0 Å². The summed E-state index contributed by atoms with van der Waals surface area (Å²) in [5.74, 6) is -3.19. The van der Waals surface area contributed by atoms with Crippen LogP contribution in [-0.2, 0) is 9.59 Å². The highest BCUT2D eigenvalue weighted by Gasteiger charge is 2.36. The summed E-state index contributed by atoms with van der Waals surface area (Å²) in [5.41, 5.74) is 0.359. The van der Waals surface area contributed by atoms with E-state index in [1.165, 1.54) is 0 Å². The fraction of sp³-hybridized carbons (Fsp3) is 0.667. The van der Waals surface area contributed by atoms with Crippen LogP contribution < -0.4 is 0 Å². The Labute approximate surface area is 102 Å². The van der Waals surface area contributed by atoms with Crippen molar-refractivity contribution in [1.82, 2.24) is 0 Å². The lowest BCUT2D eigenvalue weighted by atomic mass is 9.92. The lowest BCUT2D eigenvalue weighted by Gasteiger charge is -2.28. The number of carbonyl (C=O) groups is 2. The van der Waals surface area contributed by atoms with Crippen LogP contribution in [0.2, 0.25) is 0 Å². The van der Waals surface area contributed by atoms with E-state index in [0.29, 0.717) is 10.1 Å². The van der Waals surface area contributed by atoms with Gasteiger partial charge in [0.2, 0.25) is 0 Å². The first-order chi connectivity index (χ1) is 7.60. The topological polar surface area (TPSA) is 74.6 Å². The van der Waals surface area contributed by atoms with Crippen molar-refractivity contribution < 1.29 is 24.3 Å². The maximum absolute atomic E-state index is 11.8. The number of likely N-dealkylation sites (N-methyl/N-ethyl adjacent to an activating group) is 1. The first-order valence-corrected chi connectivity index (χ1v) is 5.48. The number of aliphatic carboxylic acids is 1. The van der Waals surface area contributed by atoms with Crippen LogP contribution >= 0.6 is 0 Å². The third kappa shape index (κ3) is 5.10. The summed E-state index contributed by atoms with van der Waals surface area (Å²) >= 11 is 0. The number of aliphatic hydroxyl groups is 1. The number of Topliss-reactive ketones (excluding diaryl/α,β-unsaturated/α-hetero) is 1. The molecule has 98 valence electrons. The average molecular weight is 244 g/mol. The SMILES string of the molecule is C/C=C(\C)C(=O)C(C(=O)O)C(O)C[N+](C)(C)C. The molecule has 0 amide bonds. The van der Waals surface area contributed by atoms with Gasteiger partial charge in [-0.25, -0.2) is 0 Å². The van der Waals surface area contributed by atoms with Gasteiger partial charge in [-0.05, 0) is 19.4 Å². The van der Waals surface area contributed by atoms with Gasteiger partial charge in [0.15, 0.2) is 11.7 Å². The van der Waals surface area contributed by atoms with E-state index in [9.17, 15) is 14.7 Å². The Morgan fingerprint density at radius 3 is 2.06 bits per heavy atom. The molecule has 0 aliphatic heterocycles. The van der Waals surface area contributed by atoms with Crippen LogP contribution in [0.15, 0.2) is 11.6 Å². The van der Waals surface area contributed by atoms with Gasteiger partial charge in [-0.15, -0.1) is 0 Å². The largest absolute Gasteiger partial charge is 0.481 e. The molecule has 0 radical (unpaired) electrons. The minimum Gasteiger partial charge on any atom is -0.481 e. The summed E-state index contributed by atoms with van der Waals surface area (Å²) in [4.78, 5) is 22.9. The summed E-state index contributed by atoms with van der Waals surface area (Å²) in [6, 6.07) is 0. The standard InChI is InChI=1S/C12H21NO4/c1-6-8(2)11(15)10(12(16)17)9(14)7-13(3,4)5/h6,9-10,14H,7H2,1-5H3/p+1/b8-6+. The molecule has 0 aromatic carbocycles. The fourth-order valence-corrected chi connectivity index (χ4v) is 1.51. The molecule has 0 heterocycles. The van der Waals surface area contributed by atoms with Crippen LogP contribution in [0.25, 0.3) is 0 Å². The Kier molecular flexibility index (Phi) is 5.51. The Morgan fingerprint density at radius 1 is 1.29 bits per heavy atom. The molecule has 0 spiro atoms. The number of carboxylic acids is 1. The Hall–Kier alpha value is -1.20. The Morgan fingerprint density at radius 2 is 1.76 bits per heavy atom. The van der Waals surface area contributed by atoms with Gasteiger partial charge in [0.25, 0.3) is 0 Å². The number of hydrogen-bond acceptors (Lipinski definition) is 3. The van der Waals surface area contributed by atoms with Gasteiger partial charge in [0.05, 0.1) is 21.1 Å². The van der Waals surface area contributed by atoms with Gasteiger partial charge in [0.1, 0.15) is 12.6 Å². The summed E-state index contributed by atoms with van der Waals surface area (Å²) in [7, 11) is 5.49. The summed E-state index contributed by atoms with van der Waals surface area (Å²) in [6.45, 7) is 3.43. The van der Waals surface area contributed by atoms with E-state index in [1.54, 1.807) is 19.9 Å². The second-order valence-corrected chi connectivity index (χ2v) is 5.19. The van der Waals surface area contributed by atoms with E-state index in [-0.39, 0.29) is 6.54 Å². The van der Waals surface area contributed by atoms with Crippen LogP contribution in [0.4, 0.5) is 0 Å². The maximum atomic E-state index is 11.8. The summed E-state index contributed by atoms with van der Waals surface area (Å²) < 4.78 is 0.396. The smallest absolute Gasteiger partial charge is 0.317 e. The number of hydrogen-bond donors (Lipinski definition) is 2. The zero-order chi connectivity index (χ0) is 13.8. The number of nitrogens with zero attached hydrogens (tertiary/aromatic N) is 1. The maximum Gasteiger partial charge on any atom is 0.317 e. The van der Waals surface area contributed by atoms with Crippen LogP contribution in [0.1, 0.15) is 13.8 Å². The molecule has 0 aliphatic rings. The molecule has 5 heteroatoms. The van der Waals surface area contributed by atoms with Crippen molar-refractivity contribution >= 4 is 11.8 Å². The number of carbonyl (C=O) groups excluding carboxylic acids is 1. The molecule has 0 saturated heterocycles. The van der Waals surface area contributed by atoms with E-state index in [1.807, 2.05) is 21.1 Å². The number of ketones is 1. The van der Waals surface area contributed by atoms with E-state index >= 15 is 0 Å². The second-order valence-electron chi connectivity index (χ2n) is 5.19. The van der Waals surface area contributed by atoms with Gasteiger partial charge >= 0.3 is 5.97 Å². The van der Waals surface area contributed by atoms with Gasteiger partial charge < -0.3 is 14.7 Å². The highest BCUT2D eigenvalue weighted by molar-refractivity contribution is 6.07. The zero-order valence-corrected chi connectivity index (χ0v) is 11.1. The number of rotatable bonds is 6. The van der Waals surface area contributed by atoms with Crippen LogP contribution in [-0.4, -0.2) is 60.2 Å². The molecular weight excluding hydrogens is 222 g/mol. The van der Waals surface area contributed by atoms with Crippen molar-refractivity contribution in [2.24, 2.45) is 5.92 Å². The minimum absolute atomic E-state index is 0.208. The van der Waals surface area contributed by atoms with Crippen molar-refractivity contribution in [2.45, 2.75) is 20.0 Å². The molecule has 5 nitrogen and oxygen atoms in total. The Balaban J connectivity index is 5.00. The predicted octanol–water partition coefficient (Wildman–Crippen LogP) is 0.290. The molecule has 0 bridgehead atoms. The summed E-state index contributed by atoms with van der Waals surface area (Å²) in [6.07, 6.45) is 0.367. The van der Waals surface area contributed by atoms with Crippen molar-refractivity contribution in [3.63, 3.8) is 0 Å². The molecule has 0 rings (SSSR count). The molecule has 17 heavy (non-hydrogen) atoms. The van der Waals surface area contributed by atoms with E-state index in [4.69, 9.17) is 5.11 Å². The average Bonchev–Trinajstić information content (AvgIpc) is 2.12. The fourth-order valence-electron chi connectivity index (χ4n) is 1.51. The molecule has 2 atom stereocenters. The number of quaternary nitrogens is 1. The van der Waals surface area contributed by atoms with Crippen molar-refractivity contribution in [1.29, 1.82) is 0 Å². The van der Waals surface area contributed by atoms with Gasteiger partial charge in [-0.1, -0.05) is 6.08 Å². The van der Waals surface area contributed by atoms with Gasteiger partial charge in [-0.3, -0.25) is 9.59 Å². The van der Waals surface area contributed by atoms with E-state index in [0.717, 1.165) is 0 Å². The van der Waals surface area contributed by atoms with Crippen LogP contribution in [0, 0.1) is 5.92 Å². The third-order valence-electron chi connectivity index (χ3n) is 2.49. The molecule has 0 aromatic heterocycles. The molecule has 0 saturated carbocycles. The second kappa shape index (κ2) is 5.93. The molecule has 2 unspecified atom stereocenters. The van der Waals surface area contributed by atoms with E-state index < -0.39 is 23.8 Å². The van der Waals surface area contributed by atoms with Crippen LogP contribution in [0.3, 0.4) is 0 Å². The zero-order valence-electron chi connectivity index (χ0n) is 11.1. The van der Waals surface area contributed by atoms with Crippen molar-refractivity contribution in [3.8, 4) is 0 Å². The molecule has 0 aromatic rings. The Bertz CT molecular complexity index is 328. The van der Waals surface area contributed by atoms with Crippen molar-refractivity contribution in [2.75, 3.05) is 27.7 Å². The normalized spacial score (nSPS) is 16.5. The summed E-state index contributed by atoms with van der Waals surface area (Å²) in [5, 5.41) is 18.9. The third-order valence-corrected chi connectivity index (χ3v) is 2.49. The molecule has 0 fully saturated rings. The molecular formula is C12H22NO4+. The quantitative estimate of drug-likeness (QED) is 0.400. The lowest BCUT2D eigenvalue weighted by Crippen LogP contribution is -2.48. The highest BCUT2D eigenvalue weighted by Crippen LogP contribution is 2.14. The molecule has 0 aliphatic carbocycles. The number of carboxylic acid groups (broad SMARTS) is 1. The monoisotopic (exact) mass is 244 g/mol. The van der Waals surface area contributed by atoms with Gasteiger partial charge in [-0.2, -0.15) is 0 Å². The first kappa shape index (κ1) is 15.8. The lowest BCUT2D eigenvalue weighted by molar-refractivity contribution is -0.873.